The van der Waals surface area contributed by atoms with Crippen molar-refractivity contribution in [2.45, 2.75) is 6.92 Å². The fraction of sp³-hybridized carbons (Fsp3) is 0.167. The van der Waals surface area contributed by atoms with E-state index in [0.29, 0.717) is 16.4 Å². The van der Waals surface area contributed by atoms with Crippen molar-refractivity contribution in [2.75, 3.05) is 12.4 Å². The molecular weight excluding hydrogens is 307 g/mol. The van der Waals surface area contributed by atoms with Gasteiger partial charge < -0.3 is 4.74 Å². The van der Waals surface area contributed by atoms with Crippen molar-refractivity contribution in [1.82, 2.24) is 4.98 Å². The molecule has 1 aromatic heterocycles. The zero-order valence-corrected chi connectivity index (χ0v) is 12.5. The molecule has 0 unspecified atom stereocenters. The van der Waals surface area contributed by atoms with Crippen molar-refractivity contribution in [2.24, 2.45) is 0 Å². The number of hydrogen-bond donors (Lipinski definition) is 1. The number of amides is 1. The minimum absolute atomic E-state index is 0.287. The second-order valence-corrected chi connectivity index (χ2v) is 5.75. The van der Waals surface area contributed by atoms with Gasteiger partial charge in [-0.1, -0.05) is 23.2 Å². The summed E-state index contributed by atoms with van der Waals surface area (Å²) in [5, 5.41) is 3.79. The van der Waals surface area contributed by atoms with E-state index >= 15 is 0 Å². The number of ether oxygens (including phenoxy) is 1. The van der Waals surface area contributed by atoms with Crippen LogP contribution in [0.1, 0.15) is 15.2 Å². The van der Waals surface area contributed by atoms with E-state index in [1.165, 1.54) is 30.6 Å². The molecule has 2 aromatic rings. The van der Waals surface area contributed by atoms with Crippen LogP contribution in [0.5, 0.6) is 5.75 Å². The third kappa shape index (κ3) is 3.18. The van der Waals surface area contributed by atoms with Gasteiger partial charge in [-0.15, -0.1) is 11.3 Å². The first-order chi connectivity index (χ1) is 9.01. The molecule has 1 aromatic carbocycles. The molecule has 1 heterocycles. The van der Waals surface area contributed by atoms with Crippen molar-refractivity contribution >= 4 is 45.6 Å². The molecule has 19 heavy (non-hydrogen) atoms. The van der Waals surface area contributed by atoms with Gasteiger partial charge in [0.2, 0.25) is 0 Å². The molecule has 0 aliphatic carbocycles. The molecule has 1 amide bonds. The summed E-state index contributed by atoms with van der Waals surface area (Å²) < 4.78 is 5.03. The lowest BCUT2D eigenvalue weighted by molar-refractivity contribution is 0.102. The number of carbonyl (C=O) groups is 1. The first-order valence-corrected chi connectivity index (χ1v) is 6.85. The molecule has 0 radical (unpaired) electrons. The molecule has 0 aliphatic heterocycles. The highest BCUT2D eigenvalue weighted by Crippen LogP contribution is 2.34. The summed E-state index contributed by atoms with van der Waals surface area (Å²) in [6.07, 6.45) is 1.69. The van der Waals surface area contributed by atoms with Crippen molar-refractivity contribution < 1.29 is 9.53 Å². The first kappa shape index (κ1) is 14.1. The summed E-state index contributed by atoms with van der Waals surface area (Å²) in [5.41, 5.74) is 0.351. The number of nitrogens with one attached hydrogen (secondary N) is 1. The zero-order chi connectivity index (χ0) is 14.0. The quantitative estimate of drug-likeness (QED) is 0.930. The molecule has 0 spiro atoms. The minimum atomic E-state index is -0.319. The Morgan fingerprint density at radius 2 is 2.00 bits per heavy atom. The molecule has 1 N–H and O–H groups in total. The lowest BCUT2D eigenvalue weighted by Crippen LogP contribution is -2.11. The average Bonchev–Trinajstić information content (AvgIpc) is 2.74. The highest BCUT2D eigenvalue weighted by molar-refractivity contribution is 7.15. The number of anilines is 1. The summed E-state index contributed by atoms with van der Waals surface area (Å²) in [5.74, 6) is 0.0331. The second kappa shape index (κ2) is 5.77. The van der Waals surface area contributed by atoms with Crippen molar-refractivity contribution in [1.29, 1.82) is 0 Å². The summed E-state index contributed by atoms with van der Waals surface area (Å²) in [6.45, 7) is 1.91. The van der Waals surface area contributed by atoms with Crippen LogP contribution in [0.2, 0.25) is 10.0 Å². The lowest BCUT2D eigenvalue weighted by atomic mass is 10.2. The van der Waals surface area contributed by atoms with Crippen LogP contribution in [-0.4, -0.2) is 18.0 Å². The number of carbonyl (C=O) groups excluding carboxylic acids is 1. The molecule has 0 fully saturated rings. The molecule has 0 atom stereocenters. The van der Waals surface area contributed by atoms with Crippen molar-refractivity contribution in [3.8, 4) is 5.75 Å². The number of aryl methyl sites for hydroxylation is 1. The Balaban J connectivity index is 2.24. The minimum Gasteiger partial charge on any atom is -0.494 e. The van der Waals surface area contributed by atoms with Gasteiger partial charge in [0, 0.05) is 16.6 Å². The zero-order valence-electron chi connectivity index (χ0n) is 10.2. The van der Waals surface area contributed by atoms with Crippen LogP contribution in [0.15, 0.2) is 18.3 Å². The van der Waals surface area contributed by atoms with Crippen LogP contribution >= 0.6 is 34.5 Å². The Hall–Kier alpha value is -1.30. The SMILES string of the molecule is COc1c(Cl)cc(C(=O)Nc2ncc(C)s2)cc1Cl. The van der Waals surface area contributed by atoms with Crippen LogP contribution in [0, 0.1) is 6.92 Å². The molecule has 4 nitrogen and oxygen atoms in total. The maximum atomic E-state index is 12.0. The van der Waals surface area contributed by atoms with Gasteiger partial charge in [0.15, 0.2) is 10.9 Å². The van der Waals surface area contributed by atoms with E-state index in [4.69, 9.17) is 27.9 Å². The topological polar surface area (TPSA) is 51.2 Å². The fourth-order valence-electron chi connectivity index (χ4n) is 1.47. The summed E-state index contributed by atoms with van der Waals surface area (Å²) in [4.78, 5) is 17.1. The van der Waals surface area contributed by atoms with Gasteiger partial charge in [-0.05, 0) is 19.1 Å². The van der Waals surface area contributed by atoms with Gasteiger partial charge in [0.05, 0.1) is 17.2 Å². The summed E-state index contributed by atoms with van der Waals surface area (Å²) in [6, 6.07) is 3.00. The molecule has 0 saturated carbocycles. The van der Waals surface area contributed by atoms with E-state index in [0.717, 1.165) is 4.88 Å². The standard InChI is InChI=1S/C12H10Cl2N2O2S/c1-6-5-15-12(19-6)16-11(17)7-3-8(13)10(18-2)9(14)4-7/h3-5H,1-2H3,(H,15,16,17). The molecule has 100 valence electrons. The lowest BCUT2D eigenvalue weighted by Gasteiger charge is -2.08. The summed E-state index contributed by atoms with van der Waals surface area (Å²) in [7, 11) is 1.46. The van der Waals surface area contributed by atoms with Crippen LogP contribution < -0.4 is 10.1 Å². The van der Waals surface area contributed by atoms with Crippen LogP contribution in [0.25, 0.3) is 0 Å². The van der Waals surface area contributed by atoms with Crippen molar-refractivity contribution in [3.63, 3.8) is 0 Å². The molecule has 7 heteroatoms. The average molecular weight is 317 g/mol. The Kier molecular flexibility index (Phi) is 4.29. The number of halogens is 2. The van der Waals surface area contributed by atoms with E-state index in [1.807, 2.05) is 6.92 Å². The Morgan fingerprint density at radius 3 is 2.47 bits per heavy atom. The number of nitrogens with zero attached hydrogens (tertiary/aromatic N) is 1. The highest BCUT2D eigenvalue weighted by Gasteiger charge is 2.14. The van der Waals surface area contributed by atoms with Crippen molar-refractivity contribution in [3.05, 3.63) is 38.8 Å². The molecule has 2 rings (SSSR count). The van der Waals surface area contributed by atoms with E-state index in [-0.39, 0.29) is 16.0 Å². The fourth-order valence-corrected chi connectivity index (χ4v) is 2.77. The highest BCUT2D eigenvalue weighted by atomic mass is 35.5. The maximum absolute atomic E-state index is 12.0. The Morgan fingerprint density at radius 1 is 1.37 bits per heavy atom. The molecule has 0 saturated heterocycles. The van der Waals surface area contributed by atoms with Crippen LogP contribution in [-0.2, 0) is 0 Å². The Bertz CT molecular complexity index is 605. The van der Waals surface area contributed by atoms with Crippen LogP contribution in [0.4, 0.5) is 5.13 Å². The number of benzene rings is 1. The maximum Gasteiger partial charge on any atom is 0.257 e. The van der Waals surface area contributed by atoms with Gasteiger partial charge in [0.25, 0.3) is 5.91 Å². The van der Waals surface area contributed by atoms with Crippen LogP contribution in [0.3, 0.4) is 0 Å². The third-order valence-electron chi connectivity index (χ3n) is 2.31. The van der Waals surface area contributed by atoms with Gasteiger partial charge in [-0.2, -0.15) is 0 Å². The number of rotatable bonds is 3. The monoisotopic (exact) mass is 316 g/mol. The van der Waals surface area contributed by atoms with E-state index in [9.17, 15) is 4.79 Å². The van der Waals surface area contributed by atoms with Gasteiger partial charge in [0.1, 0.15) is 0 Å². The smallest absolute Gasteiger partial charge is 0.257 e. The third-order valence-corrected chi connectivity index (χ3v) is 3.70. The normalized spacial score (nSPS) is 10.3. The summed E-state index contributed by atoms with van der Waals surface area (Å²) >= 11 is 13.4. The molecular formula is C12H10Cl2N2O2S. The molecule has 0 aliphatic rings. The number of thiazole rings is 1. The van der Waals surface area contributed by atoms with E-state index < -0.39 is 0 Å². The van der Waals surface area contributed by atoms with Gasteiger partial charge in [-0.25, -0.2) is 4.98 Å². The Labute approximate surface area is 124 Å². The largest absolute Gasteiger partial charge is 0.494 e. The van der Waals surface area contributed by atoms with E-state index in [2.05, 4.69) is 10.3 Å². The van der Waals surface area contributed by atoms with E-state index in [1.54, 1.807) is 6.20 Å². The first-order valence-electron chi connectivity index (χ1n) is 5.28. The number of hydrogen-bond acceptors (Lipinski definition) is 4. The predicted molar refractivity (Wildman–Crippen MR) is 77.8 cm³/mol. The second-order valence-electron chi connectivity index (χ2n) is 3.70. The van der Waals surface area contributed by atoms with Gasteiger partial charge in [-0.3, -0.25) is 10.1 Å². The van der Waals surface area contributed by atoms with Gasteiger partial charge >= 0.3 is 0 Å². The predicted octanol–water partition coefficient (Wildman–Crippen LogP) is 4.02. The number of methoxy groups -OCH3 is 1. The number of aromatic nitrogens is 1. The molecule has 0 bridgehead atoms.